The third-order valence-corrected chi connectivity index (χ3v) is 4.12. The zero-order chi connectivity index (χ0) is 17.8. The predicted octanol–water partition coefficient (Wildman–Crippen LogP) is 3.02. The van der Waals surface area contributed by atoms with Gasteiger partial charge in [-0.25, -0.2) is 5.01 Å². The molecule has 0 bridgehead atoms. The van der Waals surface area contributed by atoms with Gasteiger partial charge in [0.2, 0.25) is 11.7 Å². The molecule has 1 amide bonds. The van der Waals surface area contributed by atoms with Gasteiger partial charge in [-0.3, -0.25) is 4.79 Å². The molecule has 0 N–H and O–H groups in total. The van der Waals surface area contributed by atoms with Crippen molar-refractivity contribution in [3.05, 3.63) is 53.6 Å². The fourth-order valence-electron chi connectivity index (χ4n) is 2.79. The molecule has 6 nitrogen and oxygen atoms in total. The summed E-state index contributed by atoms with van der Waals surface area (Å²) in [4.78, 5) is 11.9. The summed E-state index contributed by atoms with van der Waals surface area (Å²) in [5.74, 6) is 1.59. The molecule has 130 valence electrons. The molecule has 2 aromatic rings. The van der Waals surface area contributed by atoms with E-state index in [4.69, 9.17) is 14.2 Å². The maximum Gasteiger partial charge on any atom is 0.245 e. The molecule has 1 aliphatic rings. The van der Waals surface area contributed by atoms with Gasteiger partial charge in [-0.1, -0.05) is 30.3 Å². The highest BCUT2D eigenvalue weighted by Crippen LogP contribution is 2.38. The van der Waals surface area contributed by atoms with E-state index in [1.165, 1.54) is 5.01 Å². The van der Waals surface area contributed by atoms with Crippen LogP contribution in [0.2, 0.25) is 0 Å². The van der Waals surface area contributed by atoms with Gasteiger partial charge >= 0.3 is 0 Å². The Morgan fingerprint density at radius 2 is 1.68 bits per heavy atom. The van der Waals surface area contributed by atoms with Crippen molar-refractivity contribution in [2.45, 2.75) is 12.5 Å². The standard InChI is InChI=1S/C19H20N2O4/c1-23-16-9-13(10-17(24-2)19(16)25-3)12-20-21-15(11-18(21)22)14-7-5-4-6-8-14/h4-10,12,15H,11H2,1-3H3/b20-12-/t15-/m1/s1. The molecule has 1 atom stereocenters. The molecule has 0 aromatic heterocycles. The number of hydrogen-bond acceptors (Lipinski definition) is 5. The molecule has 25 heavy (non-hydrogen) atoms. The van der Waals surface area contributed by atoms with Crippen molar-refractivity contribution in [1.82, 2.24) is 5.01 Å². The van der Waals surface area contributed by atoms with Crippen LogP contribution in [-0.2, 0) is 4.79 Å². The van der Waals surface area contributed by atoms with E-state index in [9.17, 15) is 4.79 Å². The third-order valence-electron chi connectivity index (χ3n) is 4.12. The average molecular weight is 340 g/mol. The molecule has 0 saturated carbocycles. The van der Waals surface area contributed by atoms with Crippen LogP contribution in [0.15, 0.2) is 47.6 Å². The minimum absolute atomic E-state index is 0.00227. The van der Waals surface area contributed by atoms with Gasteiger partial charge in [0.1, 0.15) is 0 Å². The summed E-state index contributed by atoms with van der Waals surface area (Å²) in [6.07, 6.45) is 2.09. The maximum absolute atomic E-state index is 11.9. The molecule has 6 heteroatoms. The van der Waals surface area contributed by atoms with Crippen LogP contribution in [-0.4, -0.2) is 38.5 Å². The van der Waals surface area contributed by atoms with E-state index in [-0.39, 0.29) is 11.9 Å². The summed E-state index contributed by atoms with van der Waals surface area (Å²) >= 11 is 0. The van der Waals surface area contributed by atoms with E-state index < -0.39 is 0 Å². The second-order valence-electron chi connectivity index (χ2n) is 5.57. The third kappa shape index (κ3) is 3.28. The normalized spacial score (nSPS) is 16.7. The SMILES string of the molecule is COc1cc(/C=N\N2C(=O)C[C@@H]2c2ccccc2)cc(OC)c1OC. The summed E-state index contributed by atoms with van der Waals surface area (Å²) in [5, 5.41) is 5.85. The first-order chi connectivity index (χ1) is 12.2. The Hall–Kier alpha value is -3.02. The van der Waals surface area contributed by atoms with E-state index >= 15 is 0 Å². The molecule has 1 fully saturated rings. The van der Waals surface area contributed by atoms with E-state index in [2.05, 4.69) is 5.10 Å². The number of methoxy groups -OCH3 is 3. The van der Waals surface area contributed by atoms with Crippen LogP contribution in [0.5, 0.6) is 17.2 Å². The largest absolute Gasteiger partial charge is 0.493 e. The van der Waals surface area contributed by atoms with E-state index in [0.29, 0.717) is 23.7 Å². The van der Waals surface area contributed by atoms with Gasteiger partial charge in [-0.05, 0) is 17.7 Å². The number of carbonyl (C=O) groups excluding carboxylic acids is 1. The van der Waals surface area contributed by atoms with E-state index in [1.54, 1.807) is 39.7 Å². The lowest BCUT2D eigenvalue weighted by atomic mass is 9.96. The number of rotatable bonds is 6. The van der Waals surface area contributed by atoms with Crippen molar-refractivity contribution < 1.29 is 19.0 Å². The molecule has 1 heterocycles. The Kier molecular flexibility index (Phi) is 4.88. The quantitative estimate of drug-likeness (QED) is 0.599. The molecule has 3 rings (SSSR count). The Morgan fingerprint density at radius 1 is 1.04 bits per heavy atom. The minimum Gasteiger partial charge on any atom is -0.493 e. The second kappa shape index (κ2) is 7.25. The Labute approximate surface area is 146 Å². The molecule has 0 spiro atoms. The van der Waals surface area contributed by atoms with Crippen molar-refractivity contribution in [2.24, 2.45) is 5.10 Å². The van der Waals surface area contributed by atoms with Gasteiger partial charge < -0.3 is 14.2 Å². The van der Waals surface area contributed by atoms with E-state index in [1.807, 2.05) is 30.3 Å². The zero-order valence-electron chi connectivity index (χ0n) is 14.4. The topological polar surface area (TPSA) is 60.4 Å². The molecule has 1 saturated heterocycles. The summed E-state index contributed by atoms with van der Waals surface area (Å²) < 4.78 is 16.0. The van der Waals surface area contributed by atoms with Gasteiger partial charge in [-0.2, -0.15) is 5.10 Å². The molecule has 0 radical (unpaired) electrons. The zero-order valence-corrected chi connectivity index (χ0v) is 14.4. The fraction of sp³-hybridized carbons (Fsp3) is 0.263. The number of ether oxygens (including phenoxy) is 3. The van der Waals surface area contributed by atoms with Crippen molar-refractivity contribution in [1.29, 1.82) is 0 Å². The number of hydrazone groups is 1. The van der Waals surface area contributed by atoms with Gasteiger partial charge in [-0.15, -0.1) is 0 Å². The molecule has 2 aromatic carbocycles. The Bertz CT molecular complexity index is 764. The summed E-state index contributed by atoms with van der Waals surface area (Å²) in [7, 11) is 4.67. The highest BCUT2D eigenvalue weighted by Gasteiger charge is 2.37. The first-order valence-corrected chi connectivity index (χ1v) is 7.89. The second-order valence-corrected chi connectivity index (χ2v) is 5.57. The van der Waals surface area contributed by atoms with Crippen LogP contribution in [0.25, 0.3) is 0 Å². The molecule has 1 aliphatic heterocycles. The minimum atomic E-state index is -0.0213. The van der Waals surface area contributed by atoms with Crippen molar-refractivity contribution in [3.8, 4) is 17.2 Å². The van der Waals surface area contributed by atoms with Crippen LogP contribution in [0.1, 0.15) is 23.6 Å². The van der Waals surface area contributed by atoms with E-state index in [0.717, 1.165) is 11.1 Å². The van der Waals surface area contributed by atoms with Crippen LogP contribution < -0.4 is 14.2 Å². The monoisotopic (exact) mass is 340 g/mol. The van der Waals surface area contributed by atoms with Gasteiger partial charge in [0, 0.05) is 5.56 Å². The predicted molar refractivity (Wildman–Crippen MR) is 94.3 cm³/mol. The fourth-order valence-corrected chi connectivity index (χ4v) is 2.79. The first kappa shape index (κ1) is 16.8. The summed E-state index contributed by atoms with van der Waals surface area (Å²) in [5.41, 5.74) is 1.82. The van der Waals surface area contributed by atoms with Crippen molar-refractivity contribution in [2.75, 3.05) is 21.3 Å². The summed E-state index contributed by atoms with van der Waals surface area (Å²) in [6.45, 7) is 0. The van der Waals surface area contributed by atoms with Crippen LogP contribution in [0.4, 0.5) is 0 Å². The Balaban J connectivity index is 1.85. The summed E-state index contributed by atoms with van der Waals surface area (Å²) in [6, 6.07) is 13.4. The number of benzene rings is 2. The molecular formula is C19H20N2O4. The van der Waals surface area contributed by atoms with Gasteiger partial charge in [0.25, 0.3) is 0 Å². The lowest BCUT2D eigenvalue weighted by Crippen LogP contribution is -2.42. The lowest BCUT2D eigenvalue weighted by Gasteiger charge is -2.36. The highest BCUT2D eigenvalue weighted by atomic mass is 16.5. The lowest BCUT2D eigenvalue weighted by molar-refractivity contribution is -0.146. The van der Waals surface area contributed by atoms with Crippen LogP contribution in [0, 0.1) is 0 Å². The van der Waals surface area contributed by atoms with Crippen molar-refractivity contribution in [3.63, 3.8) is 0 Å². The number of β-lactam (4-membered cyclic amide) rings is 1. The van der Waals surface area contributed by atoms with Crippen LogP contribution >= 0.6 is 0 Å². The number of amides is 1. The van der Waals surface area contributed by atoms with Gasteiger partial charge in [0.15, 0.2) is 11.5 Å². The highest BCUT2D eigenvalue weighted by molar-refractivity contribution is 5.87. The average Bonchev–Trinajstić information content (AvgIpc) is 2.65. The van der Waals surface area contributed by atoms with Gasteiger partial charge in [0.05, 0.1) is 40.0 Å². The molecular weight excluding hydrogens is 320 g/mol. The van der Waals surface area contributed by atoms with Crippen molar-refractivity contribution >= 4 is 12.1 Å². The smallest absolute Gasteiger partial charge is 0.245 e. The molecule has 0 unspecified atom stereocenters. The number of carbonyl (C=O) groups is 1. The Morgan fingerprint density at radius 3 is 2.20 bits per heavy atom. The molecule has 0 aliphatic carbocycles. The number of hydrogen-bond donors (Lipinski definition) is 0. The first-order valence-electron chi connectivity index (χ1n) is 7.89. The number of nitrogens with zero attached hydrogens (tertiary/aromatic N) is 2. The maximum atomic E-state index is 11.9. The van der Waals surface area contributed by atoms with Crippen LogP contribution in [0.3, 0.4) is 0 Å².